The number of hydrogen-bond acceptors (Lipinski definition) is 4. The number of hydrogen-bond donors (Lipinski definition) is 2. The molecule has 0 aromatic carbocycles. The van der Waals surface area contributed by atoms with Crippen molar-refractivity contribution >= 4 is 11.8 Å². The first-order valence-electron chi connectivity index (χ1n) is 7.30. The van der Waals surface area contributed by atoms with E-state index < -0.39 is 0 Å². The Bertz CT molecular complexity index is 523. The SMILES string of the molecule is CCCN(CC(=O)N(C)C)C(=O)c1n[nH]c2c1CNCC2. The van der Waals surface area contributed by atoms with Crippen LogP contribution in [0.4, 0.5) is 0 Å². The summed E-state index contributed by atoms with van der Waals surface area (Å²) in [6.07, 6.45) is 1.65. The summed E-state index contributed by atoms with van der Waals surface area (Å²) in [5, 5.41) is 10.4. The topological polar surface area (TPSA) is 81.3 Å². The molecule has 0 saturated heterocycles. The zero-order chi connectivity index (χ0) is 15.4. The van der Waals surface area contributed by atoms with Gasteiger partial charge in [-0.3, -0.25) is 14.7 Å². The van der Waals surface area contributed by atoms with Crippen molar-refractivity contribution in [2.24, 2.45) is 0 Å². The van der Waals surface area contributed by atoms with Gasteiger partial charge in [-0.15, -0.1) is 0 Å². The number of likely N-dealkylation sites (N-methyl/N-ethyl adjacent to an activating group) is 1. The van der Waals surface area contributed by atoms with E-state index >= 15 is 0 Å². The fourth-order valence-electron chi connectivity index (χ4n) is 2.38. The van der Waals surface area contributed by atoms with Crippen LogP contribution < -0.4 is 5.32 Å². The summed E-state index contributed by atoms with van der Waals surface area (Å²) in [6.45, 7) is 4.17. The van der Waals surface area contributed by atoms with Gasteiger partial charge in [-0.05, 0) is 6.42 Å². The van der Waals surface area contributed by atoms with E-state index in [4.69, 9.17) is 0 Å². The molecule has 0 spiro atoms. The Morgan fingerprint density at radius 2 is 2.10 bits per heavy atom. The third-order valence-electron chi connectivity index (χ3n) is 3.61. The van der Waals surface area contributed by atoms with E-state index in [0.717, 1.165) is 30.6 Å². The van der Waals surface area contributed by atoms with Crippen LogP contribution >= 0.6 is 0 Å². The van der Waals surface area contributed by atoms with Gasteiger partial charge in [-0.1, -0.05) is 6.92 Å². The molecule has 2 heterocycles. The molecule has 7 heteroatoms. The maximum Gasteiger partial charge on any atom is 0.275 e. The van der Waals surface area contributed by atoms with Gasteiger partial charge >= 0.3 is 0 Å². The first-order valence-corrected chi connectivity index (χ1v) is 7.30. The molecule has 2 N–H and O–H groups in total. The van der Waals surface area contributed by atoms with Crippen molar-refractivity contribution in [2.45, 2.75) is 26.3 Å². The molecule has 1 aliphatic rings. The molecule has 21 heavy (non-hydrogen) atoms. The van der Waals surface area contributed by atoms with E-state index in [1.165, 1.54) is 4.90 Å². The van der Waals surface area contributed by atoms with Crippen LogP contribution in [0.1, 0.15) is 35.1 Å². The Morgan fingerprint density at radius 1 is 1.33 bits per heavy atom. The van der Waals surface area contributed by atoms with Crippen molar-refractivity contribution in [3.8, 4) is 0 Å². The van der Waals surface area contributed by atoms with Crippen LogP contribution in [-0.2, 0) is 17.8 Å². The normalized spacial score (nSPS) is 13.7. The second-order valence-electron chi connectivity index (χ2n) is 5.47. The van der Waals surface area contributed by atoms with Gasteiger partial charge in [0.25, 0.3) is 5.91 Å². The van der Waals surface area contributed by atoms with Crippen molar-refractivity contribution in [1.82, 2.24) is 25.3 Å². The maximum absolute atomic E-state index is 12.7. The van der Waals surface area contributed by atoms with Crippen molar-refractivity contribution in [3.63, 3.8) is 0 Å². The van der Waals surface area contributed by atoms with Gasteiger partial charge in [0.1, 0.15) is 6.54 Å². The average Bonchev–Trinajstić information content (AvgIpc) is 2.89. The molecule has 116 valence electrons. The van der Waals surface area contributed by atoms with Gasteiger partial charge in [-0.25, -0.2) is 0 Å². The van der Waals surface area contributed by atoms with E-state index in [-0.39, 0.29) is 18.4 Å². The zero-order valence-corrected chi connectivity index (χ0v) is 12.9. The van der Waals surface area contributed by atoms with Gasteiger partial charge in [0.05, 0.1) is 0 Å². The van der Waals surface area contributed by atoms with Gasteiger partial charge in [0.15, 0.2) is 5.69 Å². The number of aromatic amines is 1. The van der Waals surface area contributed by atoms with E-state index in [1.54, 1.807) is 19.0 Å². The molecule has 1 aromatic rings. The largest absolute Gasteiger partial charge is 0.347 e. The van der Waals surface area contributed by atoms with Crippen LogP contribution in [0.15, 0.2) is 0 Å². The molecule has 0 atom stereocenters. The monoisotopic (exact) mass is 293 g/mol. The number of rotatable bonds is 5. The summed E-state index contributed by atoms with van der Waals surface area (Å²) in [4.78, 5) is 27.6. The number of H-pyrrole nitrogens is 1. The Balaban J connectivity index is 2.18. The Hall–Kier alpha value is -1.89. The van der Waals surface area contributed by atoms with Crippen LogP contribution in [0.2, 0.25) is 0 Å². The minimum Gasteiger partial charge on any atom is -0.347 e. The van der Waals surface area contributed by atoms with Gasteiger partial charge in [-0.2, -0.15) is 5.10 Å². The fraction of sp³-hybridized carbons (Fsp3) is 0.643. The number of amides is 2. The molecule has 1 aromatic heterocycles. The summed E-state index contributed by atoms with van der Waals surface area (Å²) < 4.78 is 0. The lowest BCUT2D eigenvalue weighted by molar-refractivity contribution is -0.129. The number of carbonyl (C=O) groups is 2. The van der Waals surface area contributed by atoms with Crippen LogP contribution in [0.3, 0.4) is 0 Å². The summed E-state index contributed by atoms with van der Waals surface area (Å²) in [5.74, 6) is -0.257. The van der Waals surface area contributed by atoms with E-state index in [2.05, 4.69) is 15.5 Å². The predicted molar refractivity (Wildman–Crippen MR) is 78.9 cm³/mol. The third-order valence-corrected chi connectivity index (χ3v) is 3.61. The quantitative estimate of drug-likeness (QED) is 0.800. The Kier molecular flexibility index (Phi) is 4.95. The second-order valence-corrected chi connectivity index (χ2v) is 5.47. The van der Waals surface area contributed by atoms with E-state index in [9.17, 15) is 9.59 Å². The minimum atomic E-state index is -0.173. The second kappa shape index (κ2) is 6.71. The number of carbonyl (C=O) groups excluding carboxylic acids is 2. The lowest BCUT2D eigenvalue weighted by atomic mass is 10.1. The molecule has 0 radical (unpaired) electrons. The zero-order valence-electron chi connectivity index (χ0n) is 12.9. The third kappa shape index (κ3) is 3.41. The lowest BCUT2D eigenvalue weighted by Crippen LogP contribution is -2.41. The first kappa shape index (κ1) is 15.5. The molecular formula is C14H23N5O2. The van der Waals surface area contributed by atoms with Gasteiger partial charge in [0.2, 0.25) is 5.91 Å². The van der Waals surface area contributed by atoms with Crippen LogP contribution in [0.25, 0.3) is 0 Å². The van der Waals surface area contributed by atoms with Crippen LogP contribution in [0.5, 0.6) is 0 Å². The van der Waals surface area contributed by atoms with E-state index in [1.807, 2.05) is 6.92 Å². The predicted octanol–water partition coefficient (Wildman–Crippen LogP) is -0.00420. The molecule has 1 aliphatic heterocycles. The van der Waals surface area contributed by atoms with Crippen molar-refractivity contribution in [3.05, 3.63) is 17.0 Å². The molecular weight excluding hydrogens is 270 g/mol. The molecule has 2 amide bonds. The standard InChI is InChI=1S/C14H23N5O2/c1-4-7-19(9-12(20)18(2)3)14(21)13-10-8-15-6-5-11(10)16-17-13/h15H,4-9H2,1-3H3,(H,16,17). The maximum atomic E-state index is 12.7. The summed E-state index contributed by atoms with van der Waals surface area (Å²) in [7, 11) is 3.38. The molecule has 0 bridgehead atoms. The highest BCUT2D eigenvalue weighted by Gasteiger charge is 2.26. The van der Waals surface area contributed by atoms with Crippen molar-refractivity contribution in [1.29, 1.82) is 0 Å². The summed E-state index contributed by atoms with van der Waals surface area (Å²) in [6, 6.07) is 0. The van der Waals surface area contributed by atoms with Crippen LogP contribution in [-0.4, -0.2) is 65.5 Å². The number of nitrogens with one attached hydrogen (secondary N) is 2. The highest BCUT2D eigenvalue weighted by atomic mass is 16.2. The fourth-order valence-corrected chi connectivity index (χ4v) is 2.38. The van der Waals surface area contributed by atoms with Gasteiger partial charge < -0.3 is 15.1 Å². The van der Waals surface area contributed by atoms with E-state index in [0.29, 0.717) is 18.8 Å². The lowest BCUT2D eigenvalue weighted by Gasteiger charge is -2.23. The number of fused-ring (bicyclic) bond motifs is 1. The highest BCUT2D eigenvalue weighted by Crippen LogP contribution is 2.17. The smallest absolute Gasteiger partial charge is 0.275 e. The Morgan fingerprint density at radius 3 is 2.76 bits per heavy atom. The molecule has 0 saturated carbocycles. The number of aromatic nitrogens is 2. The average molecular weight is 293 g/mol. The summed E-state index contributed by atoms with van der Waals surface area (Å²) >= 11 is 0. The molecule has 2 rings (SSSR count). The molecule has 0 unspecified atom stereocenters. The molecule has 0 aliphatic carbocycles. The van der Waals surface area contributed by atoms with Crippen molar-refractivity contribution < 1.29 is 9.59 Å². The van der Waals surface area contributed by atoms with Crippen LogP contribution in [0, 0.1) is 0 Å². The Labute approximate surface area is 124 Å². The highest BCUT2D eigenvalue weighted by molar-refractivity contribution is 5.96. The molecule has 0 fully saturated rings. The van der Waals surface area contributed by atoms with Gasteiger partial charge in [0, 0.05) is 51.4 Å². The van der Waals surface area contributed by atoms with Crippen molar-refractivity contribution in [2.75, 3.05) is 33.7 Å². The number of nitrogens with zero attached hydrogens (tertiary/aromatic N) is 3. The minimum absolute atomic E-state index is 0.0840. The summed E-state index contributed by atoms with van der Waals surface area (Å²) in [5.41, 5.74) is 2.40. The first-order chi connectivity index (χ1) is 10.0. The molecule has 7 nitrogen and oxygen atoms in total.